The van der Waals surface area contributed by atoms with E-state index in [0.29, 0.717) is 0 Å². The number of esters is 1. The summed E-state index contributed by atoms with van der Waals surface area (Å²) < 4.78 is 4.56. The van der Waals surface area contributed by atoms with E-state index < -0.39 is 18.7 Å². The molecule has 0 aromatic heterocycles. The van der Waals surface area contributed by atoms with Crippen LogP contribution in [0.15, 0.2) is 0 Å². The number of ether oxygens (including phenoxy) is 1. The van der Waals surface area contributed by atoms with Crippen molar-refractivity contribution in [3.8, 4) is 6.07 Å². The first-order valence-electron chi connectivity index (χ1n) is 3.31. The van der Waals surface area contributed by atoms with Gasteiger partial charge in [0.2, 0.25) is 0 Å². The Labute approximate surface area is 65.4 Å². The zero-order valence-corrected chi connectivity index (χ0v) is 6.57. The summed E-state index contributed by atoms with van der Waals surface area (Å²) >= 11 is 0. The summed E-state index contributed by atoms with van der Waals surface area (Å²) in [6.45, 7) is 2.85. The van der Waals surface area contributed by atoms with Gasteiger partial charge in [-0.25, -0.2) is 4.79 Å². The highest BCUT2D eigenvalue weighted by Crippen LogP contribution is 2.04. The maximum absolute atomic E-state index is 10.5. The van der Waals surface area contributed by atoms with Crippen molar-refractivity contribution in [1.82, 2.24) is 0 Å². The fraction of sp³-hybridized carbons (Fsp3) is 0.714. The van der Waals surface area contributed by atoms with Gasteiger partial charge in [0.1, 0.15) is 12.7 Å². The smallest absolute Gasteiger partial charge is 0.333 e. The standard InChI is InChI=1S/C7H11NO3/c1-5(2)6(3-8)11-7(10)4-9/h5-6,9H,4H2,1-2H3. The molecule has 0 aliphatic carbocycles. The molecule has 0 aromatic rings. The van der Waals surface area contributed by atoms with Crippen molar-refractivity contribution in [3.63, 3.8) is 0 Å². The van der Waals surface area contributed by atoms with Crippen LogP contribution in [-0.2, 0) is 9.53 Å². The van der Waals surface area contributed by atoms with Crippen molar-refractivity contribution in [1.29, 1.82) is 5.26 Å². The minimum atomic E-state index is -0.759. The van der Waals surface area contributed by atoms with Crippen LogP contribution >= 0.6 is 0 Å². The summed E-state index contributed by atoms with van der Waals surface area (Å²) in [5.74, 6) is -0.805. The van der Waals surface area contributed by atoms with Gasteiger partial charge in [-0.1, -0.05) is 13.8 Å². The quantitative estimate of drug-likeness (QED) is 0.588. The summed E-state index contributed by atoms with van der Waals surface area (Å²) in [5.41, 5.74) is 0. The molecule has 0 saturated heterocycles. The van der Waals surface area contributed by atoms with E-state index in [1.54, 1.807) is 13.8 Å². The minimum absolute atomic E-state index is 0.0458. The van der Waals surface area contributed by atoms with Crippen LogP contribution in [0.4, 0.5) is 0 Å². The van der Waals surface area contributed by atoms with E-state index in [9.17, 15) is 4.79 Å². The third kappa shape index (κ3) is 3.58. The summed E-state index contributed by atoms with van der Waals surface area (Å²) in [7, 11) is 0. The molecule has 1 unspecified atom stereocenters. The molecule has 0 heterocycles. The van der Waals surface area contributed by atoms with Gasteiger partial charge in [-0.2, -0.15) is 5.26 Å². The predicted octanol–water partition coefficient (Wildman–Crippen LogP) is 0.0701. The van der Waals surface area contributed by atoms with Crippen molar-refractivity contribution in [3.05, 3.63) is 0 Å². The topological polar surface area (TPSA) is 70.3 Å². The van der Waals surface area contributed by atoms with Gasteiger partial charge in [-0.15, -0.1) is 0 Å². The number of carbonyl (C=O) groups is 1. The number of rotatable bonds is 3. The molecule has 4 nitrogen and oxygen atoms in total. The molecule has 0 saturated carbocycles. The van der Waals surface area contributed by atoms with E-state index in [1.807, 2.05) is 6.07 Å². The number of nitriles is 1. The molecule has 0 aliphatic heterocycles. The van der Waals surface area contributed by atoms with Gasteiger partial charge < -0.3 is 9.84 Å². The normalized spacial score (nSPS) is 12.3. The van der Waals surface area contributed by atoms with Gasteiger partial charge in [-0.05, 0) is 0 Å². The molecule has 0 fully saturated rings. The fourth-order valence-electron chi connectivity index (χ4n) is 0.490. The van der Waals surface area contributed by atoms with Crippen LogP contribution in [0.25, 0.3) is 0 Å². The summed E-state index contributed by atoms with van der Waals surface area (Å²) in [6.07, 6.45) is -0.755. The SMILES string of the molecule is CC(C)C(C#N)OC(=O)CO. The van der Waals surface area contributed by atoms with Crippen LogP contribution in [-0.4, -0.2) is 23.8 Å². The highest BCUT2D eigenvalue weighted by atomic mass is 16.6. The van der Waals surface area contributed by atoms with Crippen LogP contribution in [0.5, 0.6) is 0 Å². The zero-order valence-electron chi connectivity index (χ0n) is 6.57. The molecule has 0 aliphatic rings. The second-order valence-corrected chi connectivity index (χ2v) is 2.44. The molecule has 0 radical (unpaired) electrons. The highest BCUT2D eigenvalue weighted by Gasteiger charge is 2.16. The van der Waals surface area contributed by atoms with Crippen LogP contribution < -0.4 is 0 Å². The van der Waals surface area contributed by atoms with Gasteiger partial charge in [-0.3, -0.25) is 0 Å². The maximum atomic E-state index is 10.5. The minimum Gasteiger partial charge on any atom is -0.445 e. The predicted molar refractivity (Wildman–Crippen MR) is 37.4 cm³/mol. The summed E-state index contributed by atoms with van der Waals surface area (Å²) in [4.78, 5) is 10.5. The van der Waals surface area contributed by atoms with Crippen LogP contribution in [0.3, 0.4) is 0 Å². The number of hydrogen-bond donors (Lipinski definition) is 1. The Bertz CT molecular complexity index is 171. The molecule has 0 aromatic carbocycles. The first-order valence-corrected chi connectivity index (χ1v) is 3.31. The van der Waals surface area contributed by atoms with Crippen molar-refractivity contribution in [2.24, 2.45) is 5.92 Å². The van der Waals surface area contributed by atoms with E-state index >= 15 is 0 Å². The van der Waals surface area contributed by atoms with E-state index in [1.165, 1.54) is 0 Å². The Morgan fingerprint density at radius 1 is 1.73 bits per heavy atom. The number of nitrogens with zero attached hydrogens (tertiary/aromatic N) is 1. The van der Waals surface area contributed by atoms with Crippen molar-refractivity contribution in [2.45, 2.75) is 20.0 Å². The lowest BCUT2D eigenvalue weighted by Crippen LogP contribution is -2.23. The molecule has 4 heteroatoms. The van der Waals surface area contributed by atoms with Gasteiger partial charge in [0.15, 0.2) is 6.10 Å². The lowest BCUT2D eigenvalue weighted by Gasteiger charge is -2.12. The Morgan fingerprint density at radius 2 is 2.27 bits per heavy atom. The molecular formula is C7H11NO3. The third-order valence-corrected chi connectivity index (χ3v) is 1.12. The summed E-state index contributed by atoms with van der Waals surface area (Å²) in [6, 6.07) is 1.81. The monoisotopic (exact) mass is 157 g/mol. The Balaban J connectivity index is 3.91. The molecule has 0 bridgehead atoms. The van der Waals surface area contributed by atoms with Crippen molar-refractivity contribution >= 4 is 5.97 Å². The molecule has 0 rings (SSSR count). The maximum Gasteiger partial charge on any atom is 0.333 e. The largest absolute Gasteiger partial charge is 0.445 e. The average Bonchev–Trinajstić information content (AvgIpc) is 1.99. The second kappa shape index (κ2) is 4.69. The van der Waals surface area contributed by atoms with Crippen LogP contribution in [0.1, 0.15) is 13.8 Å². The summed E-state index contributed by atoms with van der Waals surface area (Å²) in [5, 5.41) is 16.7. The Morgan fingerprint density at radius 3 is 2.55 bits per heavy atom. The molecule has 0 amide bonds. The second-order valence-electron chi connectivity index (χ2n) is 2.44. The lowest BCUT2D eigenvalue weighted by atomic mass is 10.1. The number of hydrogen-bond acceptors (Lipinski definition) is 4. The van der Waals surface area contributed by atoms with E-state index in [-0.39, 0.29) is 5.92 Å². The Hall–Kier alpha value is -1.08. The van der Waals surface area contributed by atoms with E-state index in [0.717, 1.165) is 0 Å². The zero-order chi connectivity index (χ0) is 8.85. The van der Waals surface area contributed by atoms with E-state index in [4.69, 9.17) is 10.4 Å². The molecule has 1 atom stereocenters. The van der Waals surface area contributed by atoms with Crippen molar-refractivity contribution in [2.75, 3.05) is 6.61 Å². The van der Waals surface area contributed by atoms with E-state index in [2.05, 4.69) is 4.74 Å². The average molecular weight is 157 g/mol. The van der Waals surface area contributed by atoms with Crippen LogP contribution in [0.2, 0.25) is 0 Å². The number of aliphatic hydroxyl groups excluding tert-OH is 1. The van der Waals surface area contributed by atoms with Gasteiger partial charge in [0.05, 0.1) is 0 Å². The Kier molecular flexibility index (Phi) is 4.23. The highest BCUT2D eigenvalue weighted by molar-refractivity contribution is 5.70. The molecule has 62 valence electrons. The first kappa shape index (κ1) is 9.92. The lowest BCUT2D eigenvalue weighted by molar-refractivity contribution is -0.151. The van der Waals surface area contributed by atoms with Crippen molar-refractivity contribution < 1.29 is 14.6 Å². The van der Waals surface area contributed by atoms with Gasteiger partial charge in [0, 0.05) is 5.92 Å². The first-order chi connectivity index (χ1) is 5.11. The molecular weight excluding hydrogens is 146 g/mol. The van der Waals surface area contributed by atoms with Gasteiger partial charge >= 0.3 is 5.97 Å². The van der Waals surface area contributed by atoms with Gasteiger partial charge in [0.25, 0.3) is 0 Å². The molecule has 11 heavy (non-hydrogen) atoms. The number of aliphatic hydroxyl groups is 1. The van der Waals surface area contributed by atoms with Crippen LogP contribution in [0, 0.1) is 17.2 Å². The molecule has 1 N–H and O–H groups in total. The third-order valence-electron chi connectivity index (χ3n) is 1.12. The number of carbonyl (C=O) groups excluding carboxylic acids is 1. The fourth-order valence-corrected chi connectivity index (χ4v) is 0.490. The molecule has 0 spiro atoms.